The van der Waals surface area contributed by atoms with E-state index in [0.29, 0.717) is 53.3 Å². The smallest absolute Gasteiger partial charge is 0.316 e. The van der Waals surface area contributed by atoms with Crippen molar-refractivity contribution >= 4 is 29.0 Å². The molecule has 0 saturated heterocycles. The molecule has 0 aromatic carbocycles. The number of carbonyl (C=O) groups is 1. The van der Waals surface area contributed by atoms with Gasteiger partial charge < -0.3 is 9.47 Å². The Morgan fingerprint density at radius 2 is 0.880 bits per heavy atom. The van der Waals surface area contributed by atoms with Gasteiger partial charge in [0.25, 0.3) is 0 Å². The Kier molecular flexibility index (Phi) is 14.1. The minimum atomic E-state index is 0.267. The Hall–Kier alpha value is -1.99. The molecule has 4 saturated carbocycles. The van der Waals surface area contributed by atoms with Gasteiger partial charge in [-0.3, -0.25) is 4.79 Å². The first-order valence-corrected chi connectivity index (χ1v) is 20.8. The quantitative estimate of drug-likeness (QED) is 0.179. The van der Waals surface area contributed by atoms with Gasteiger partial charge in [0.1, 0.15) is 5.78 Å². The number of rotatable bonds is 14. The predicted molar refractivity (Wildman–Crippen MR) is 200 cm³/mol. The van der Waals surface area contributed by atoms with Crippen molar-refractivity contribution < 1.29 is 14.3 Å². The summed E-state index contributed by atoms with van der Waals surface area (Å²) in [6.07, 6.45) is 30.7. The Balaban J connectivity index is 0.819. The monoisotopic (exact) mass is 726 g/mol. The molecule has 0 bridgehead atoms. The lowest BCUT2D eigenvalue weighted by Gasteiger charge is -2.35. The lowest BCUT2D eigenvalue weighted by atomic mass is 9.72. The fraction of sp³-hybridized carbons (Fsp3) is 0.780. The van der Waals surface area contributed by atoms with Gasteiger partial charge in [0.2, 0.25) is 0 Å². The molecular weight excluding hydrogens is 667 g/mol. The highest BCUT2D eigenvalue weighted by Crippen LogP contribution is 2.44. The van der Waals surface area contributed by atoms with Crippen LogP contribution in [0.4, 0.5) is 0 Å². The van der Waals surface area contributed by atoms with Crippen LogP contribution in [0.25, 0.3) is 0 Å². The lowest BCUT2D eigenvalue weighted by Crippen LogP contribution is -2.27. The number of halogens is 2. The molecule has 276 valence electrons. The lowest BCUT2D eigenvalue weighted by molar-refractivity contribution is -0.121. The van der Waals surface area contributed by atoms with Gasteiger partial charge in [0, 0.05) is 48.4 Å². The van der Waals surface area contributed by atoms with Crippen LogP contribution in [0.2, 0.25) is 0 Å². The summed E-state index contributed by atoms with van der Waals surface area (Å²) in [7, 11) is 3.21. The highest BCUT2D eigenvalue weighted by atomic mass is 35.5. The summed E-state index contributed by atoms with van der Waals surface area (Å²) in [4.78, 5) is 30.4. The van der Waals surface area contributed by atoms with Crippen molar-refractivity contribution in [2.24, 2.45) is 35.5 Å². The minimum absolute atomic E-state index is 0.267. The normalized spacial score (nSPS) is 31.8. The van der Waals surface area contributed by atoms with Gasteiger partial charge in [-0.25, -0.2) is 19.9 Å². The number of ether oxygens (including phenoxy) is 2. The molecule has 0 aliphatic heterocycles. The largest absolute Gasteiger partial charge is 0.467 e. The number of carbonyl (C=O) groups excluding carboxylic acids is 1. The van der Waals surface area contributed by atoms with Crippen LogP contribution in [0.3, 0.4) is 0 Å². The van der Waals surface area contributed by atoms with Crippen molar-refractivity contribution in [3.63, 3.8) is 0 Å². The molecule has 2 aromatic rings. The molecule has 4 fully saturated rings. The topological polar surface area (TPSA) is 87.1 Å². The maximum absolute atomic E-state index is 13.2. The van der Waals surface area contributed by atoms with E-state index in [2.05, 4.69) is 19.9 Å². The van der Waals surface area contributed by atoms with Crippen molar-refractivity contribution in [2.75, 3.05) is 14.2 Å². The first-order chi connectivity index (χ1) is 24.4. The van der Waals surface area contributed by atoms with Gasteiger partial charge in [-0.05, 0) is 174 Å². The maximum atomic E-state index is 13.2. The molecule has 0 spiro atoms. The van der Waals surface area contributed by atoms with Gasteiger partial charge in [0.05, 0.1) is 14.2 Å². The summed E-state index contributed by atoms with van der Waals surface area (Å²) < 4.78 is 10.2. The molecule has 4 aliphatic carbocycles. The number of alkyl halides is 2. The van der Waals surface area contributed by atoms with Crippen molar-refractivity contribution in [3.05, 3.63) is 35.9 Å². The minimum Gasteiger partial charge on any atom is -0.467 e. The second-order valence-electron chi connectivity index (χ2n) is 16.5. The van der Waals surface area contributed by atoms with E-state index < -0.39 is 0 Å². The van der Waals surface area contributed by atoms with E-state index in [-0.39, 0.29) is 10.8 Å². The second kappa shape index (κ2) is 18.7. The maximum Gasteiger partial charge on any atom is 0.316 e. The molecule has 0 amide bonds. The van der Waals surface area contributed by atoms with E-state index in [0.717, 1.165) is 37.5 Å². The van der Waals surface area contributed by atoms with Crippen LogP contribution in [0, 0.1) is 35.5 Å². The van der Waals surface area contributed by atoms with E-state index in [4.69, 9.17) is 32.7 Å². The van der Waals surface area contributed by atoms with E-state index in [9.17, 15) is 4.79 Å². The molecule has 6 rings (SSSR count). The van der Waals surface area contributed by atoms with Gasteiger partial charge in [-0.1, -0.05) is 0 Å². The number of hydrogen-bond donors (Lipinski definition) is 0. The van der Waals surface area contributed by atoms with E-state index in [1.165, 1.54) is 114 Å². The highest BCUT2D eigenvalue weighted by molar-refractivity contribution is 6.21. The molecule has 0 N–H and O–H groups in total. The fourth-order valence-electron chi connectivity index (χ4n) is 10.0. The van der Waals surface area contributed by atoms with Crippen LogP contribution in [0.15, 0.2) is 24.8 Å². The zero-order valence-corrected chi connectivity index (χ0v) is 32.0. The molecule has 2 unspecified atom stereocenters. The molecule has 50 heavy (non-hydrogen) atoms. The molecule has 0 radical (unpaired) electrons. The molecular formula is C41H60Cl2N4O3. The Bertz CT molecular complexity index is 1200. The number of nitrogens with zero attached hydrogens (tertiary/aromatic N) is 4. The van der Waals surface area contributed by atoms with Crippen LogP contribution < -0.4 is 9.47 Å². The number of methoxy groups -OCH3 is 2. The molecule has 4 aliphatic rings. The van der Waals surface area contributed by atoms with Gasteiger partial charge in [-0.15, -0.1) is 23.2 Å². The van der Waals surface area contributed by atoms with Crippen LogP contribution in [0.5, 0.6) is 12.0 Å². The van der Waals surface area contributed by atoms with E-state index in [1.807, 2.05) is 24.8 Å². The van der Waals surface area contributed by atoms with Crippen LogP contribution in [0.1, 0.15) is 151 Å². The summed E-state index contributed by atoms with van der Waals surface area (Å²) in [6.45, 7) is 0. The van der Waals surface area contributed by atoms with Crippen molar-refractivity contribution in [1.29, 1.82) is 0 Å². The average Bonchev–Trinajstić information content (AvgIpc) is 3.16. The van der Waals surface area contributed by atoms with Crippen molar-refractivity contribution in [1.82, 2.24) is 19.9 Å². The Morgan fingerprint density at radius 3 is 1.20 bits per heavy atom. The third-order valence-electron chi connectivity index (χ3n) is 13.3. The van der Waals surface area contributed by atoms with E-state index >= 15 is 0 Å². The van der Waals surface area contributed by atoms with Crippen LogP contribution >= 0.6 is 23.2 Å². The molecule has 9 heteroatoms. The Labute approximate surface area is 310 Å². The second-order valence-corrected chi connectivity index (χ2v) is 17.6. The summed E-state index contributed by atoms with van der Waals surface area (Å²) in [5.74, 6) is 5.36. The van der Waals surface area contributed by atoms with Crippen LogP contribution in [-0.2, 0) is 4.79 Å². The van der Waals surface area contributed by atoms with Crippen molar-refractivity contribution in [2.45, 2.75) is 151 Å². The number of aromatic nitrogens is 4. The molecule has 2 aromatic heterocycles. The van der Waals surface area contributed by atoms with Crippen molar-refractivity contribution in [3.8, 4) is 12.0 Å². The van der Waals surface area contributed by atoms with Gasteiger partial charge >= 0.3 is 12.0 Å². The summed E-state index contributed by atoms with van der Waals surface area (Å²) in [5, 5.41) is 0.533. The van der Waals surface area contributed by atoms with Gasteiger partial charge in [-0.2, -0.15) is 0 Å². The zero-order valence-electron chi connectivity index (χ0n) is 30.5. The number of Topliss-reactive ketones (excluding diaryl/α,β-unsaturated/α-hetero) is 1. The summed E-state index contributed by atoms with van der Waals surface area (Å²) in [6, 6.07) is 0.876. The van der Waals surface area contributed by atoms with E-state index in [1.54, 1.807) is 14.2 Å². The number of hydrogen-bond acceptors (Lipinski definition) is 7. The first-order valence-electron chi connectivity index (χ1n) is 19.9. The molecule has 2 heterocycles. The van der Waals surface area contributed by atoms with Gasteiger partial charge in [0.15, 0.2) is 0 Å². The standard InChI is InChI=1S/C41H60Cl2N4O3/c1-49-40-44-23-35(24-45-40)31-11-3-29(4-12-31)21-38(42)33-15-7-27(8-16-33)19-37(48)20-28-9-17-34(18-10-28)39(43)22-30-5-13-32(14-6-30)36-25-46-41(50-2)47-26-36/h23-34,38-39H,3-22H2,1-2H3/t27-,28?,29-,30-,31-,32-,33-,34?,38?,39?. The summed E-state index contributed by atoms with van der Waals surface area (Å²) in [5.41, 5.74) is 2.47. The summed E-state index contributed by atoms with van der Waals surface area (Å²) >= 11 is 14.1. The predicted octanol–water partition coefficient (Wildman–Crippen LogP) is 10.5. The fourth-order valence-corrected chi connectivity index (χ4v) is 11.0. The average molecular weight is 728 g/mol. The Morgan fingerprint density at radius 1 is 0.560 bits per heavy atom. The van der Waals surface area contributed by atoms with Crippen LogP contribution in [-0.4, -0.2) is 50.7 Å². The molecule has 2 atom stereocenters. The molecule has 7 nitrogen and oxygen atoms in total. The highest BCUT2D eigenvalue weighted by Gasteiger charge is 2.33. The number of ketones is 1. The zero-order chi connectivity index (χ0) is 34.9. The third kappa shape index (κ3) is 10.5. The third-order valence-corrected chi connectivity index (χ3v) is 14.3. The first kappa shape index (κ1) is 37.8. The SMILES string of the molecule is COc1ncc([C@H]2CC[C@H](CC(Cl)C3CCC(CC(=O)C[C@H]4CC[C@H](C(Cl)C[C@H]5CC[C@H](c6cnc(OC)nc6)CC5)CC4)CC3)CC2)cn1.